The van der Waals surface area contributed by atoms with Crippen molar-refractivity contribution in [1.29, 1.82) is 0 Å². The Balaban J connectivity index is 2.09. The van der Waals surface area contributed by atoms with E-state index in [0.29, 0.717) is 5.41 Å². The Bertz CT molecular complexity index is 234. The monoisotopic (exact) mass is 167 g/mol. The molecule has 1 aliphatic heterocycles. The molecule has 68 valence electrons. The van der Waals surface area contributed by atoms with Gasteiger partial charge in [0.25, 0.3) is 0 Å². The summed E-state index contributed by atoms with van der Waals surface area (Å²) in [5.41, 5.74) is 0.738. The van der Waals surface area contributed by atoms with Gasteiger partial charge in [0.1, 0.15) is 0 Å². The van der Waals surface area contributed by atoms with Crippen LogP contribution < -0.4 is 5.32 Å². The first kappa shape index (κ1) is 8.09. The van der Waals surface area contributed by atoms with Gasteiger partial charge in [0.05, 0.1) is 0 Å². The first-order valence-corrected chi connectivity index (χ1v) is 4.71. The lowest BCUT2D eigenvalue weighted by atomic mass is 9.81. The zero-order chi connectivity index (χ0) is 8.98. The Labute approximate surface area is 73.7 Å². The summed E-state index contributed by atoms with van der Waals surface area (Å²) in [6, 6.07) is 0. The minimum absolute atomic E-state index is 0.236. The van der Waals surface area contributed by atoms with E-state index < -0.39 is 0 Å². The largest absolute Gasteiger partial charge is 0.356 e. The van der Waals surface area contributed by atoms with Gasteiger partial charge in [-0.25, -0.2) is 0 Å². The van der Waals surface area contributed by atoms with Crippen LogP contribution in [0.5, 0.6) is 0 Å². The molecule has 2 rings (SSSR count). The van der Waals surface area contributed by atoms with E-state index in [4.69, 9.17) is 0 Å². The highest BCUT2D eigenvalue weighted by molar-refractivity contribution is 5.79. The Morgan fingerprint density at radius 3 is 2.33 bits per heavy atom. The molecule has 1 N–H and O–H groups in total. The minimum atomic E-state index is 0.236. The lowest BCUT2D eigenvalue weighted by Gasteiger charge is -2.23. The number of nitrogens with one attached hydrogen (secondary N) is 1. The molecule has 0 radical (unpaired) electrons. The molecular weight excluding hydrogens is 150 g/mol. The normalized spacial score (nSPS) is 44.2. The van der Waals surface area contributed by atoms with Gasteiger partial charge in [0, 0.05) is 13.0 Å². The molecule has 0 bridgehead atoms. The molecule has 2 atom stereocenters. The molecule has 1 saturated carbocycles. The third-order valence-electron chi connectivity index (χ3n) is 3.61. The summed E-state index contributed by atoms with van der Waals surface area (Å²) in [6.07, 6.45) is 2.03. The van der Waals surface area contributed by atoms with E-state index in [9.17, 15) is 4.79 Å². The maximum absolute atomic E-state index is 11.1. The van der Waals surface area contributed by atoms with Gasteiger partial charge in [0.2, 0.25) is 5.91 Å². The molecule has 12 heavy (non-hydrogen) atoms. The average molecular weight is 167 g/mol. The molecule has 2 unspecified atom stereocenters. The fourth-order valence-electron chi connectivity index (χ4n) is 2.70. The van der Waals surface area contributed by atoms with Crippen LogP contribution in [0.3, 0.4) is 0 Å². The number of carbonyl (C=O) groups excluding carboxylic acids is 1. The zero-order valence-electron chi connectivity index (χ0n) is 8.11. The number of amides is 1. The molecule has 0 aromatic heterocycles. The van der Waals surface area contributed by atoms with E-state index in [1.54, 1.807) is 0 Å². The van der Waals surface area contributed by atoms with E-state index in [2.05, 4.69) is 26.1 Å². The smallest absolute Gasteiger partial charge is 0.220 e. The Hall–Kier alpha value is -0.530. The Morgan fingerprint density at radius 1 is 1.42 bits per heavy atom. The highest BCUT2D eigenvalue weighted by atomic mass is 16.1. The molecule has 1 saturated heterocycles. The lowest BCUT2D eigenvalue weighted by Crippen LogP contribution is -2.24. The summed E-state index contributed by atoms with van der Waals surface area (Å²) in [4.78, 5) is 11.1. The number of rotatable bonds is 1. The molecule has 2 heteroatoms. The van der Waals surface area contributed by atoms with Crippen LogP contribution in [0.15, 0.2) is 0 Å². The first-order chi connectivity index (χ1) is 5.44. The predicted molar refractivity (Wildman–Crippen MR) is 47.6 cm³/mol. The van der Waals surface area contributed by atoms with Crippen molar-refractivity contribution >= 4 is 5.91 Å². The predicted octanol–water partition coefficient (Wildman–Crippen LogP) is 1.56. The van der Waals surface area contributed by atoms with Crippen LogP contribution in [0.2, 0.25) is 0 Å². The summed E-state index contributed by atoms with van der Waals surface area (Å²) >= 11 is 0. The van der Waals surface area contributed by atoms with Gasteiger partial charge in [-0.2, -0.15) is 0 Å². The zero-order valence-corrected chi connectivity index (χ0v) is 8.11. The number of hydrogen-bond donors (Lipinski definition) is 1. The van der Waals surface area contributed by atoms with Crippen molar-refractivity contribution in [3.05, 3.63) is 0 Å². The van der Waals surface area contributed by atoms with Crippen molar-refractivity contribution in [3.8, 4) is 0 Å². The minimum Gasteiger partial charge on any atom is -0.356 e. The van der Waals surface area contributed by atoms with Crippen molar-refractivity contribution in [2.24, 2.45) is 16.7 Å². The molecule has 1 amide bonds. The highest BCUT2D eigenvalue weighted by Gasteiger charge is 2.57. The van der Waals surface area contributed by atoms with Crippen molar-refractivity contribution in [3.63, 3.8) is 0 Å². The van der Waals surface area contributed by atoms with Crippen LogP contribution in [0.1, 0.15) is 33.6 Å². The molecule has 2 nitrogen and oxygen atoms in total. The topological polar surface area (TPSA) is 29.1 Å². The van der Waals surface area contributed by atoms with E-state index in [1.807, 2.05) is 0 Å². The molecule has 1 aliphatic carbocycles. The molecule has 2 aliphatic rings. The van der Waals surface area contributed by atoms with Gasteiger partial charge >= 0.3 is 0 Å². The molecular formula is C10H17NO. The van der Waals surface area contributed by atoms with Gasteiger partial charge in [-0.05, 0) is 23.2 Å². The fourth-order valence-corrected chi connectivity index (χ4v) is 2.70. The van der Waals surface area contributed by atoms with Crippen LogP contribution in [0.25, 0.3) is 0 Å². The van der Waals surface area contributed by atoms with Gasteiger partial charge in [0.15, 0.2) is 0 Å². The molecule has 2 fully saturated rings. The molecule has 1 heterocycles. The van der Waals surface area contributed by atoms with E-state index in [0.717, 1.165) is 18.9 Å². The maximum atomic E-state index is 11.1. The lowest BCUT2D eigenvalue weighted by molar-refractivity contribution is -0.119. The third kappa shape index (κ3) is 1.05. The Kier molecular flexibility index (Phi) is 1.37. The van der Waals surface area contributed by atoms with E-state index in [1.165, 1.54) is 6.42 Å². The summed E-state index contributed by atoms with van der Waals surface area (Å²) in [7, 11) is 0. The van der Waals surface area contributed by atoms with Crippen LogP contribution in [0.4, 0.5) is 0 Å². The second-order valence-corrected chi connectivity index (χ2v) is 5.35. The summed E-state index contributed by atoms with van der Waals surface area (Å²) < 4.78 is 0. The highest BCUT2D eigenvalue weighted by Crippen LogP contribution is 2.62. The summed E-state index contributed by atoms with van der Waals surface area (Å²) in [5, 5.41) is 2.93. The maximum Gasteiger partial charge on any atom is 0.220 e. The van der Waals surface area contributed by atoms with Gasteiger partial charge in [-0.1, -0.05) is 20.8 Å². The van der Waals surface area contributed by atoms with Gasteiger partial charge in [-0.15, -0.1) is 0 Å². The Morgan fingerprint density at radius 2 is 2.00 bits per heavy atom. The van der Waals surface area contributed by atoms with Crippen LogP contribution in [-0.4, -0.2) is 12.5 Å². The second kappa shape index (κ2) is 2.04. The second-order valence-electron chi connectivity index (χ2n) is 5.35. The first-order valence-electron chi connectivity index (χ1n) is 4.71. The van der Waals surface area contributed by atoms with Crippen LogP contribution in [0, 0.1) is 16.7 Å². The molecule has 0 spiro atoms. The van der Waals surface area contributed by atoms with Crippen molar-refractivity contribution in [2.75, 3.05) is 6.54 Å². The summed E-state index contributed by atoms with van der Waals surface area (Å²) in [6.45, 7) is 7.72. The van der Waals surface area contributed by atoms with Crippen molar-refractivity contribution in [1.82, 2.24) is 5.32 Å². The van der Waals surface area contributed by atoms with Crippen LogP contribution >= 0.6 is 0 Å². The standard InChI is InChI=1S/C10H17NO/c1-9(2)4-7(9)10(3)5-8(12)11-6-10/h7H,4-6H2,1-3H3,(H,11,12). The SMILES string of the molecule is CC1(C)CC1C1(C)CNC(=O)C1. The third-order valence-corrected chi connectivity index (χ3v) is 3.61. The van der Waals surface area contributed by atoms with Crippen LogP contribution in [-0.2, 0) is 4.79 Å². The fraction of sp³-hybridized carbons (Fsp3) is 0.900. The van der Waals surface area contributed by atoms with Crippen molar-refractivity contribution in [2.45, 2.75) is 33.6 Å². The molecule has 0 aromatic carbocycles. The van der Waals surface area contributed by atoms with Crippen molar-refractivity contribution < 1.29 is 4.79 Å². The van der Waals surface area contributed by atoms with Gasteiger partial charge in [-0.3, -0.25) is 4.79 Å². The quantitative estimate of drug-likeness (QED) is 0.631. The number of carbonyl (C=O) groups is 1. The van der Waals surface area contributed by atoms with E-state index >= 15 is 0 Å². The molecule has 0 aromatic rings. The average Bonchev–Trinajstić information content (AvgIpc) is 2.43. The number of hydrogen-bond acceptors (Lipinski definition) is 1. The van der Waals surface area contributed by atoms with Gasteiger partial charge < -0.3 is 5.32 Å². The summed E-state index contributed by atoms with van der Waals surface area (Å²) in [5.74, 6) is 0.990. The van der Waals surface area contributed by atoms with E-state index in [-0.39, 0.29) is 11.3 Å².